The maximum absolute atomic E-state index is 0. The van der Waals surface area contributed by atoms with Gasteiger partial charge in [-0.1, -0.05) is 0 Å². The SMILES string of the molecule is [F-].[F-].[F-].[F-].[F-].[F-].[Ir]. The average Bonchev–Trinajstić information content (AvgIpc) is 0. The van der Waals surface area contributed by atoms with Crippen molar-refractivity contribution in [3.8, 4) is 0 Å². The van der Waals surface area contributed by atoms with Gasteiger partial charge in [0.15, 0.2) is 0 Å². The van der Waals surface area contributed by atoms with Gasteiger partial charge in [0.1, 0.15) is 0 Å². The third-order valence-electron chi connectivity index (χ3n) is 0. The van der Waals surface area contributed by atoms with Crippen molar-refractivity contribution in [1.82, 2.24) is 0 Å². The molecule has 0 amide bonds. The summed E-state index contributed by atoms with van der Waals surface area (Å²) < 4.78 is 0. The van der Waals surface area contributed by atoms with Crippen molar-refractivity contribution in [2.24, 2.45) is 0 Å². The largest absolute Gasteiger partial charge is 1.00 e. The van der Waals surface area contributed by atoms with E-state index in [2.05, 4.69) is 0 Å². The molecule has 7 heteroatoms. The van der Waals surface area contributed by atoms with E-state index >= 15 is 0 Å². The second-order valence-corrected chi connectivity index (χ2v) is 0. The van der Waals surface area contributed by atoms with Crippen LogP contribution in [0.15, 0.2) is 0 Å². The molecule has 0 saturated carbocycles. The topological polar surface area (TPSA) is 0 Å². The smallest absolute Gasteiger partial charge is 0 e. The van der Waals surface area contributed by atoms with Gasteiger partial charge in [-0.25, -0.2) is 0 Å². The second kappa shape index (κ2) is 3240. The Morgan fingerprint density at radius 1 is 0.286 bits per heavy atom. The predicted octanol–water partition coefficient (Wildman–Crippen LogP) is -18.0. The van der Waals surface area contributed by atoms with Gasteiger partial charge in [0.05, 0.1) is 0 Å². The molecule has 0 aliphatic heterocycles. The number of hydrogen-bond donors (Lipinski definition) is 0. The Labute approximate surface area is 49.2 Å². The third kappa shape index (κ3) is 2120. The molecule has 1 radical (unpaired) electrons. The molecule has 0 heterocycles. The van der Waals surface area contributed by atoms with Gasteiger partial charge >= 0.3 is 0 Å². The third-order valence-corrected chi connectivity index (χ3v) is 0. The molecule has 0 aromatic heterocycles. The molecule has 0 fully saturated rings. The summed E-state index contributed by atoms with van der Waals surface area (Å²) in [5, 5.41) is 0. The molecule has 0 atom stereocenters. The van der Waals surface area contributed by atoms with Gasteiger partial charge in [0, 0.05) is 20.1 Å². The zero-order chi connectivity index (χ0) is 0. The van der Waals surface area contributed by atoms with Crippen LogP contribution >= 0.6 is 0 Å². The molecule has 0 aromatic carbocycles. The fourth-order valence-electron chi connectivity index (χ4n) is 0. The molecule has 0 bridgehead atoms. The van der Waals surface area contributed by atoms with Crippen molar-refractivity contribution in [2.45, 2.75) is 0 Å². The molecule has 0 spiro atoms. The molecule has 57 valence electrons. The quantitative estimate of drug-likeness (QED) is 0.390. The maximum Gasteiger partial charge on any atom is 0 e. The van der Waals surface area contributed by atoms with E-state index in [4.69, 9.17) is 0 Å². The number of halogens is 6. The molecule has 0 rings (SSSR count). The van der Waals surface area contributed by atoms with E-state index in [-0.39, 0.29) is 48.3 Å². The van der Waals surface area contributed by atoms with E-state index in [9.17, 15) is 0 Å². The minimum Gasteiger partial charge on any atom is -1.00 e. The van der Waals surface area contributed by atoms with Gasteiger partial charge in [-0.3, -0.25) is 0 Å². The van der Waals surface area contributed by atoms with Crippen LogP contribution in [0.1, 0.15) is 0 Å². The summed E-state index contributed by atoms with van der Waals surface area (Å²) in [5.74, 6) is 0. The summed E-state index contributed by atoms with van der Waals surface area (Å²) >= 11 is 0. The molecule has 0 nitrogen and oxygen atoms in total. The van der Waals surface area contributed by atoms with E-state index in [1.165, 1.54) is 0 Å². The fourth-order valence-corrected chi connectivity index (χ4v) is 0. The van der Waals surface area contributed by atoms with Crippen molar-refractivity contribution >= 4 is 0 Å². The van der Waals surface area contributed by atoms with Crippen LogP contribution in [0, 0.1) is 0 Å². The van der Waals surface area contributed by atoms with Gasteiger partial charge < -0.3 is 28.2 Å². The summed E-state index contributed by atoms with van der Waals surface area (Å²) in [6, 6.07) is 0. The van der Waals surface area contributed by atoms with Crippen LogP contribution in [0.5, 0.6) is 0 Å². The number of rotatable bonds is 0. The van der Waals surface area contributed by atoms with Crippen LogP contribution in [-0.2, 0) is 20.1 Å². The van der Waals surface area contributed by atoms with Crippen LogP contribution < -0.4 is 28.2 Å². The Kier molecular flexibility index (Phi) is 2470000. The summed E-state index contributed by atoms with van der Waals surface area (Å²) in [6.07, 6.45) is 0. The Balaban J connectivity index is 0. The first-order valence-electron chi connectivity index (χ1n) is 0. The standard InChI is InChI=1S/6FH.Ir/h6*1H;/p-6. The molecule has 0 aliphatic rings. The summed E-state index contributed by atoms with van der Waals surface area (Å²) in [5.41, 5.74) is 0. The van der Waals surface area contributed by atoms with Crippen molar-refractivity contribution < 1.29 is 48.3 Å². The Morgan fingerprint density at radius 3 is 0.286 bits per heavy atom. The van der Waals surface area contributed by atoms with Crippen LogP contribution in [0.25, 0.3) is 0 Å². The molecule has 0 aromatic rings. The average molecular weight is 306 g/mol. The van der Waals surface area contributed by atoms with E-state index in [1.54, 1.807) is 0 Å². The predicted molar refractivity (Wildman–Crippen MR) is 0 cm³/mol. The summed E-state index contributed by atoms with van der Waals surface area (Å²) in [7, 11) is 0. The minimum absolute atomic E-state index is 0. The first-order valence-corrected chi connectivity index (χ1v) is 0. The molecule has 0 N–H and O–H groups in total. The van der Waals surface area contributed by atoms with Crippen LogP contribution in [0.4, 0.5) is 0 Å². The molecular weight excluding hydrogens is 306 g/mol. The summed E-state index contributed by atoms with van der Waals surface area (Å²) in [4.78, 5) is 0. The van der Waals surface area contributed by atoms with Gasteiger partial charge in [0.25, 0.3) is 0 Å². The van der Waals surface area contributed by atoms with Crippen LogP contribution in [-0.4, -0.2) is 0 Å². The Morgan fingerprint density at radius 2 is 0.286 bits per heavy atom. The van der Waals surface area contributed by atoms with E-state index in [0.717, 1.165) is 0 Å². The van der Waals surface area contributed by atoms with Crippen molar-refractivity contribution in [3.63, 3.8) is 0 Å². The monoisotopic (exact) mass is 307 g/mol. The van der Waals surface area contributed by atoms with Gasteiger partial charge in [-0.15, -0.1) is 0 Å². The molecule has 0 saturated heterocycles. The van der Waals surface area contributed by atoms with Crippen molar-refractivity contribution in [3.05, 3.63) is 0 Å². The maximum atomic E-state index is 0. The Bertz CT molecular complexity index is 4.14. The Hall–Kier alpha value is 0.229. The molecular formula is F6Ir-6. The van der Waals surface area contributed by atoms with Crippen LogP contribution in [0.2, 0.25) is 0 Å². The van der Waals surface area contributed by atoms with E-state index in [1.807, 2.05) is 0 Å². The zero-order valence-electron chi connectivity index (χ0n) is 2.60. The molecule has 0 unspecified atom stereocenters. The summed E-state index contributed by atoms with van der Waals surface area (Å²) in [6.45, 7) is 0. The van der Waals surface area contributed by atoms with Crippen LogP contribution in [0.3, 0.4) is 0 Å². The van der Waals surface area contributed by atoms with E-state index < -0.39 is 0 Å². The number of hydrogen-bond acceptors (Lipinski definition) is 0. The van der Waals surface area contributed by atoms with Crippen molar-refractivity contribution in [1.29, 1.82) is 0 Å². The minimum atomic E-state index is 0. The zero-order valence-corrected chi connectivity index (χ0v) is 5.00. The molecule has 0 aliphatic carbocycles. The molecule has 7 heavy (non-hydrogen) atoms. The fraction of sp³-hybridized carbons (Fsp3) is 0. The first-order chi connectivity index (χ1) is 0. The van der Waals surface area contributed by atoms with Gasteiger partial charge in [0.2, 0.25) is 0 Å². The van der Waals surface area contributed by atoms with Gasteiger partial charge in [-0.05, 0) is 0 Å². The normalized spacial score (nSPS) is 0. The van der Waals surface area contributed by atoms with Crippen molar-refractivity contribution in [2.75, 3.05) is 0 Å². The first kappa shape index (κ1) is 5330. The van der Waals surface area contributed by atoms with E-state index in [0.29, 0.717) is 0 Å². The van der Waals surface area contributed by atoms with Gasteiger partial charge in [-0.2, -0.15) is 0 Å². The second-order valence-electron chi connectivity index (χ2n) is 0.